The highest BCUT2D eigenvalue weighted by atomic mass is 35.5. The van der Waals surface area contributed by atoms with E-state index in [9.17, 15) is 4.79 Å². The molecule has 1 aliphatic heterocycles. The predicted octanol–water partition coefficient (Wildman–Crippen LogP) is 3.37. The summed E-state index contributed by atoms with van der Waals surface area (Å²) in [7, 11) is 0. The molecule has 0 unspecified atom stereocenters. The van der Waals surface area contributed by atoms with Crippen molar-refractivity contribution in [2.24, 2.45) is 0 Å². The third-order valence-corrected chi connectivity index (χ3v) is 3.64. The quantitative estimate of drug-likeness (QED) is 0.496. The Labute approximate surface area is 151 Å². The minimum atomic E-state index is -0.286. The van der Waals surface area contributed by atoms with Gasteiger partial charge in [0.2, 0.25) is 0 Å². The Balaban J connectivity index is 0.00000242. The van der Waals surface area contributed by atoms with Crippen molar-refractivity contribution >= 4 is 30.8 Å². The molecule has 130 valence electrons. The lowest BCUT2D eigenvalue weighted by molar-refractivity contribution is -0.131. The first-order chi connectivity index (χ1) is 10.1. The van der Waals surface area contributed by atoms with Crippen LogP contribution in [0.4, 0.5) is 0 Å². The van der Waals surface area contributed by atoms with Crippen LogP contribution in [0, 0.1) is 0 Å². The second-order valence-electron chi connectivity index (χ2n) is 5.63. The molecule has 4 nitrogen and oxygen atoms in total. The van der Waals surface area contributed by atoms with E-state index in [1.165, 1.54) is 12.5 Å². The Morgan fingerprint density at radius 3 is 2.52 bits per heavy atom. The van der Waals surface area contributed by atoms with Crippen LogP contribution in [0.3, 0.4) is 0 Å². The van der Waals surface area contributed by atoms with Crippen molar-refractivity contribution in [2.45, 2.75) is 26.3 Å². The predicted molar refractivity (Wildman–Crippen MR) is 98.9 cm³/mol. The standard InChI is InChI=1S/C17H24N2O2.2ClH/c1-13(2)11-17(19-9-7-18-8-10-19)15-5-4-6-16(12-15)21-14(3)20;;/h4-6,12,17-18H,1,7-11H2,2-3H3;2*1H/t17-;;/m0../s1. The Bertz CT molecular complexity index is 517. The number of esters is 1. The summed E-state index contributed by atoms with van der Waals surface area (Å²) in [6.07, 6.45) is 0.920. The molecule has 0 aromatic heterocycles. The average Bonchev–Trinajstić information content (AvgIpc) is 2.45. The number of rotatable bonds is 5. The Hall–Kier alpha value is -1.07. The largest absolute Gasteiger partial charge is 0.427 e. The SMILES string of the molecule is C=C(C)C[C@@H](c1cccc(OC(C)=O)c1)N1CCNCC1.Cl.Cl. The summed E-state index contributed by atoms with van der Waals surface area (Å²) in [5, 5.41) is 3.38. The molecule has 1 atom stereocenters. The normalized spacial score (nSPS) is 15.7. The van der Waals surface area contributed by atoms with E-state index in [1.54, 1.807) is 0 Å². The first kappa shape index (κ1) is 21.9. The zero-order chi connectivity index (χ0) is 15.2. The lowest BCUT2D eigenvalue weighted by atomic mass is 9.98. The smallest absolute Gasteiger partial charge is 0.308 e. The molecular weight excluding hydrogens is 335 g/mol. The highest BCUT2D eigenvalue weighted by molar-refractivity contribution is 5.85. The van der Waals surface area contributed by atoms with Crippen LogP contribution in [-0.2, 0) is 4.79 Å². The van der Waals surface area contributed by atoms with E-state index in [-0.39, 0.29) is 30.8 Å². The van der Waals surface area contributed by atoms with Crippen LogP contribution < -0.4 is 10.1 Å². The fraction of sp³-hybridized carbons (Fsp3) is 0.471. The third-order valence-electron chi connectivity index (χ3n) is 3.64. The van der Waals surface area contributed by atoms with Crippen molar-refractivity contribution in [3.8, 4) is 5.75 Å². The van der Waals surface area contributed by atoms with Crippen molar-refractivity contribution in [3.05, 3.63) is 42.0 Å². The summed E-state index contributed by atoms with van der Waals surface area (Å²) in [5.74, 6) is 0.327. The number of carbonyl (C=O) groups excluding carboxylic acids is 1. The van der Waals surface area contributed by atoms with Gasteiger partial charge in [0, 0.05) is 39.1 Å². The zero-order valence-electron chi connectivity index (χ0n) is 13.7. The molecular formula is C17H26Cl2N2O2. The second-order valence-corrected chi connectivity index (χ2v) is 5.63. The number of benzene rings is 1. The lowest BCUT2D eigenvalue weighted by Gasteiger charge is -2.35. The highest BCUT2D eigenvalue weighted by Crippen LogP contribution is 2.29. The molecule has 1 aliphatic rings. The molecule has 0 aliphatic carbocycles. The Kier molecular flexibility index (Phi) is 10.2. The molecule has 1 aromatic rings. The molecule has 1 aromatic carbocycles. The van der Waals surface area contributed by atoms with Gasteiger partial charge in [-0.3, -0.25) is 9.69 Å². The maximum Gasteiger partial charge on any atom is 0.308 e. The van der Waals surface area contributed by atoms with Gasteiger partial charge in [-0.25, -0.2) is 0 Å². The fourth-order valence-corrected chi connectivity index (χ4v) is 2.73. The summed E-state index contributed by atoms with van der Waals surface area (Å²) < 4.78 is 5.21. The molecule has 0 spiro atoms. The molecule has 0 radical (unpaired) electrons. The molecule has 2 rings (SSSR count). The number of piperazine rings is 1. The van der Waals surface area contributed by atoms with Gasteiger partial charge in [-0.15, -0.1) is 31.4 Å². The van der Waals surface area contributed by atoms with Gasteiger partial charge in [0.15, 0.2) is 0 Å². The summed E-state index contributed by atoms with van der Waals surface area (Å²) in [6, 6.07) is 8.13. The highest BCUT2D eigenvalue weighted by Gasteiger charge is 2.22. The van der Waals surface area contributed by atoms with Crippen molar-refractivity contribution in [3.63, 3.8) is 0 Å². The second kappa shape index (κ2) is 10.7. The number of halogens is 2. The minimum absolute atomic E-state index is 0. The third kappa shape index (κ3) is 6.92. The van der Waals surface area contributed by atoms with Gasteiger partial charge in [0.05, 0.1) is 0 Å². The van der Waals surface area contributed by atoms with E-state index >= 15 is 0 Å². The van der Waals surface area contributed by atoms with Crippen LogP contribution in [0.5, 0.6) is 5.75 Å². The number of hydrogen-bond acceptors (Lipinski definition) is 4. The van der Waals surface area contributed by atoms with Gasteiger partial charge >= 0.3 is 5.97 Å². The van der Waals surface area contributed by atoms with Crippen molar-refractivity contribution in [2.75, 3.05) is 26.2 Å². The van der Waals surface area contributed by atoms with Crippen molar-refractivity contribution < 1.29 is 9.53 Å². The number of nitrogens with one attached hydrogen (secondary N) is 1. The number of hydrogen-bond donors (Lipinski definition) is 1. The summed E-state index contributed by atoms with van der Waals surface area (Å²) >= 11 is 0. The van der Waals surface area contributed by atoms with Crippen LogP contribution in [-0.4, -0.2) is 37.0 Å². The molecule has 0 saturated carbocycles. The number of carbonyl (C=O) groups is 1. The first-order valence-corrected chi connectivity index (χ1v) is 7.44. The van der Waals surface area contributed by atoms with Crippen LogP contribution >= 0.6 is 24.8 Å². The molecule has 1 saturated heterocycles. The molecule has 23 heavy (non-hydrogen) atoms. The van der Waals surface area contributed by atoms with Gasteiger partial charge in [0.1, 0.15) is 5.75 Å². The molecule has 1 fully saturated rings. The van der Waals surface area contributed by atoms with Crippen LogP contribution in [0.25, 0.3) is 0 Å². The van der Waals surface area contributed by atoms with Gasteiger partial charge in [-0.2, -0.15) is 0 Å². The minimum Gasteiger partial charge on any atom is -0.427 e. The molecule has 1 N–H and O–H groups in total. The van der Waals surface area contributed by atoms with E-state index in [4.69, 9.17) is 4.74 Å². The zero-order valence-corrected chi connectivity index (χ0v) is 15.3. The lowest BCUT2D eigenvalue weighted by Crippen LogP contribution is -2.45. The van der Waals surface area contributed by atoms with E-state index in [0.29, 0.717) is 11.8 Å². The van der Waals surface area contributed by atoms with Crippen LogP contribution in [0.15, 0.2) is 36.4 Å². The first-order valence-electron chi connectivity index (χ1n) is 7.44. The summed E-state index contributed by atoms with van der Waals surface area (Å²) in [6.45, 7) is 11.6. The summed E-state index contributed by atoms with van der Waals surface area (Å²) in [4.78, 5) is 13.6. The van der Waals surface area contributed by atoms with Crippen LogP contribution in [0.1, 0.15) is 31.9 Å². The average molecular weight is 361 g/mol. The fourth-order valence-electron chi connectivity index (χ4n) is 2.73. The monoisotopic (exact) mass is 360 g/mol. The number of ether oxygens (including phenoxy) is 1. The van der Waals surface area contributed by atoms with Crippen molar-refractivity contribution in [1.29, 1.82) is 0 Å². The molecule has 6 heteroatoms. The van der Waals surface area contributed by atoms with E-state index in [0.717, 1.165) is 38.2 Å². The van der Waals surface area contributed by atoms with E-state index in [1.807, 2.05) is 18.2 Å². The van der Waals surface area contributed by atoms with E-state index < -0.39 is 0 Å². The molecule has 0 amide bonds. The number of nitrogens with zero attached hydrogens (tertiary/aromatic N) is 1. The maximum absolute atomic E-state index is 11.1. The maximum atomic E-state index is 11.1. The van der Waals surface area contributed by atoms with E-state index in [2.05, 4.69) is 29.8 Å². The Morgan fingerprint density at radius 1 is 1.30 bits per heavy atom. The topological polar surface area (TPSA) is 41.6 Å². The summed E-state index contributed by atoms with van der Waals surface area (Å²) in [5.41, 5.74) is 2.34. The molecule has 0 bridgehead atoms. The van der Waals surface area contributed by atoms with Gasteiger partial charge in [0.25, 0.3) is 0 Å². The van der Waals surface area contributed by atoms with Crippen molar-refractivity contribution in [1.82, 2.24) is 10.2 Å². The van der Waals surface area contributed by atoms with Gasteiger partial charge in [-0.05, 0) is 31.0 Å². The van der Waals surface area contributed by atoms with Gasteiger partial charge in [-0.1, -0.05) is 17.7 Å². The molecule has 1 heterocycles. The Morgan fingerprint density at radius 2 is 1.96 bits per heavy atom. The van der Waals surface area contributed by atoms with Gasteiger partial charge < -0.3 is 10.1 Å². The van der Waals surface area contributed by atoms with Crippen LogP contribution in [0.2, 0.25) is 0 Å².